The second kappa shape index (κ2) is 40.2. The van der Waals surface area contributed by atoms with Crippen LogP contribution in [0.3, 0.4) is 0 Å². The summed E-state index contributed by atoms with van der Waals surface area (Å²) in [6.07, 6.45) is 1.11. The second-order valence-electron chi connectivity index (χ2n) is 27.4. The summed E-state index contributed by atoms with van der Waals surface area (Å²) in [6.45, 7) is 18.6. The number of nitrogens with one attached hydrogen (secondary N) is 4. The minimum atomic E-state index is -1.93. The molecule has 0 radical (unpaired) electrons. The third-order valence-corrected chi connectivity index (χ3v) is 18.3. The Labute approximate surface area is 580 Å². The normalized spacial score (nSPS) is 24.2. The maximum absolute atomic E-state index is 15.4. The van der Waals surface area contributed by atoms with E-state index in [2.05, 4.69) is 21.3 Å². The molecule has 0 bridgehead atoms. The van der Waals surface area contributed by atoms with E-state index in [1.54, 1.807) is 95.3 Å². The molecule has 4 rings (SSSR count). The molecule has 0 saturated carbocycles. The van der Waals surface area contributed by atoms with Gasteiger partial charge in [-0.25, -0.2) is 4.79 Å². The first-order chi connectivity index (χ1) is 46.3. The third-order valence-electron chi connectivity index (χ3n) is 18.3. The molecule has 2 aromatic rings. The maximum atomic E-state index is 15.4. The molecule has 2 heterocycles. The summed E-state index contributed by atoms with van der Waals surface area (Å²) in [4.78, 5) is 190. The average Bonchev–Trinajstić information content (AvgIpc) is 0.819. The van der Waals surface area contributed by atoms with Gasteiger partial charge in [0.1, 0.15) is 48.3 Å². The fraction of sp³-hybridized carbons (Fsp3) is 0.667. The zero-order chi connectivity index (χ0) is 73.2. The van der Waals surface area contributed by atoms with Gasteiger partial charge in [-0.3, -0.25) is 57.6 Å². The van der Waals surface area contributed by atoms with Crippen molar-refractivity contribution in [3.8, 4) is 0 Å². The van der Waals surface area contributed by atoms with Crippen LogP contribution in [-0.2, 0) is 70.3 Å². The van der Waals surface area contributed by atoms with Crippen LogP contribution in [0.5, 0.6) is 0 Å². The summed E-state index contributed by atoms with van der Waals surface area (Å²) in [5, 5.41) is 22.4. The molecule has 26 nitrogen and oxygen atoms in total. The largest absolute Gasteiger partial charge is 0.391 e. The van der Waals surface area contributed by atoms with Crippen LogP contribution in [0.4, 0.5) is 4.79 Å². The lowest BCUT2D eigenvalue weighted by Gasteiger charge is -2.38. The number of likely N-dealkylation sites (N-methyl/N-ethyl adjacent to an activating group) is 5. The summed E-state index contributed by atoms with van der Waals surface area (Å²) in [7, 11) is 6.92. The van der Waals surface area contributed by atoms with Gasteiger partial charge >= 0.3 is 6.03 Å². The number of nitrogens with zero attached hydrogens (tertiary/aromatic N) is 8. The van der Waals surface area contributed by atoms with Crippen molar-refractivity contribution in [3.63, 3.8) is 0 Å². The summed E-state index contributed by atoms with van der Waals surface area (Å²) in [5.41, 5.74) is 1.29. The molecule has 2 fully saturated rings. The van der Waals surface area contributed by atoms with E-state index in [9.17, 15) is 19.5 Å². The monoisotopic (exact) mass is 1370 g/mol. The molecule has 98 heavy (non-hydrogen) atoms. The first kappa shape index (κ1) is 82.4. The number of ether oxygens (including phenoxy) is 1. The number of imide groups is 1. The number of rotatable bonds is 21. The van der Waals surface area contributed by atoms with Crippen molar-refractivity contribution in [1.82, 2.24) is 60.5 Å². The number of likely N-dealkylation sites (tertiary alicyclic amines) is 1. The van der Waals surface area contributed by atoms with E-state index in [1.165, 1.54) is 61.8 Å². The number of aliphatic hydroxyl groups is 1. The number of aliphatic hydroxyl groups excluding tert-OH is 1. The zero-order valence-electron chi connectivity index (χ0n) is 61.0. The lowest BCUT2D eigenvalue weighted by Crippen LogP contribution is -2.64. The van der Waals surface area contributed by atoms with Crippen LogP contribution in [-0.4, -0.2) is 257 Å². The number of unbranched alkanes of at least 4 members (excludes halogenated alkanes) is 1. The van der Waals surface area contributed by atoms with Crippen LogP contribution in [0.25, 0.3) is 0 Å². The van der Waals surface area contributed by atoms with Crippen LogP contribution in [0, 0.1) is 17.8 Å². The molecule has 10 atom stereocenters. The van der Waals surface area contributed by atoms with Gasteiger partial charge in [0.05, 0.1) is 19.3 Å². The highest BCUT2D eigenvalue weighted by Crippen LogP contribution is 2.23. The Morgan fingerprint density at radius 1 is 0.510 bits per heavy atom. The van der Waals surface area contributed by atoms with E-state index in [4.69, 9.17) is 4.74 Å². The molecule has 546 valence electrons. The Kier molecular flexibility index (Phi) is 33.8. The topological polar surface area (TPSA) is 308 Å². The summed E-state index contributed by atoms with van der Waals surface area (Å²) < 4.78 is 5.70. The summed E-state index contributed by atoms with van der Waals surface area (Å²) in [5.74, 6) is -9.56. The zero-order valence-corrected chi connectivity index (χ0v) is 61.0. The minimum Gasteiger partial charge on any atom is -0.391 e. The summed E-state index contributed by atoms with van der Waals surface area (Å²) >= 11 is 0. The highest BCUT2D eigenvalue weighted by Gasteiger charge is 2.45. The van der Waals surface area contributed by atoms with E-state index >= 15 is 43.2 Å². The van der Waals surface area contributed by atoms with E-state index < -0.39 is 138 Å². The first-order valence-electron chi connectivity index (χ1n) is 35.1. The van der Waals surface area contributed by atoms with Gasteiger partial charge in [-0.2, -0.15) is 0 Å². The molecule has 26 heteroatoms. The van der Waals surface area contributed by atoms with Gasteiger partial charge in [-0.1, -0.05) is 129 Å². The molecule has 2 aromatic carbocycles. The van der Waals surface area contributed by atoms with Crippen LogP contribution in [0.2, 0.25) is 0 Å². The van der Waals surface area contributed by atoms with Gasteiger partial charge in [0.2, 0.25) is 47.3 Å². The number of hydrogen-bond acceptors (Lipinski definition) is 14. The number of piperidine rings is 1. The average molecular weight is 1370 g/mol. The van der Waals surface area contributed by atoms with Crippen molar-refractivity contribution in [2.24, 2.45) is 17.8 Å². The van der Waals surface area contributed by atoms with Gasteiger partial charge in [-0.15, -0.1) is 0 Å². The van der Waals surface area contributed by atoms with Gasteiger partial charge in [0, 0.05) is 80.9 Å². The molecule has 0 aromatic heterocycles. The summed E-state index contributed by atoms with van der Waals surface area (Å²) in [6, 6.07) is 3.81. The molecule has 0 spiro atoms. The van der Waals surface area contributed by atoms with Crippen molar-refractivity contribution in [2.45, 2.75) is 214 Å². The van der Waals surface area contributed by atoms with E-state index in [1.807, 2.05) is 34.6 Å². The van der Waals surface area contributed by atoms with Gasteiger partial charge in [0.15, 0.2) is 6.04 Å². The Bertz CT molecular complexity index is 2980. The smallest absolute Gasteiger partial charge is 0.327 e. The Morgan fingerprint density at radius 3 is 1.52 bits per heavy atom. The fourth-order valence-corrected chi connectivity index (χ4v) is 12.4. The molecule has 0 unspecified atom stereocenters. The molecular formula is C72H114N12O14. The lowest BCUT2D eigenvalue weighted by molar-refractivity contribution is -0.152. The minimum absolute atomic E-state index is 0.0115. The van der Waals surface area contributed by atoms with Crippen molar-refractivity contribution in [1.29, 1.82) is 0 Å². The van der Waals surface area contributed by atoms with Crippen molar-refractivity contribution < 1.29 is 67.4 Å². The third kappa shape index (κ3) is 23.3. The quantitative estimate of drug-likeness (QED) is 0.0872. The lowest BCUT2D eigenvalue weighted by atomic mass is 9.96. The van der Waals surface area contributed by atoms with Crippen molar-refractivity contribution in [3.05, 3.63) is 71.8 Å². The van der Waals surface area contributed by atoms with E-state index in [0.29, 0.717) is 30.4 Å². The van der Waals surface area contributed by atoms with Crippen LogP contribution < -0.4 is 21.3 Å². The molecule has 0 aliphatic carbocycles. The van der Waals surface area contributed by atoms with Gasteiger partial charge < -0.3 is 65.4 Å². The molecule has 2 saturated heterocycles. The Balaban J connectivity index is 2.02. The molecular weight excluding hydrogens is 1260 g/mol. The second-order valence-corrected chi connectivity index (χ2v) is 27.4. The Morgan fingerprint density at radius 2 is 1.00 bits per heavy atom. The Hall–Kier alpha value is -8.00. The highest BCUT2D eigenvalue weighted by molar-refractivity contribution is 6.09. The number of urea groups is 1. The highest BCUT2D eigenvalue weighted by atomic mass is 16.5. The van der Waals surface area contributed by atoms with Gasteiger partial charge in [-0.05, 0) is 101 Å². The molecule has 5 N–H and O–H groups in total. The van der Waals surface area contributed by atoms with Crippen molar-refractivity contribution in [2.75, 3.05) is 81.2 Å². The number of benzene rings is 2. The number of carbonyl (C=O) groups excluding carboxylic acids is 12. The van der Waals surface area contributed by atoms with Crippen LogP contribution >= 0.6 is 0 Å². The predicted octanol–water partition coefficient (Wildman–Crippen LogP) is 4.00. The predicted molar refractivity (Wildman–Crippen MR) is 372 cm³/mol. The van der Waals surface area contributed by atoms with Crippen LogP contribution in [0.15, 0.2) is 60.7 Å². The van der Waals surface area contributed by atoms with Gasteiger partial charge in [0.25, 0.3) is 17.7 Å². The molecule has 13 amide bonds. The number of hydrogen-bond donors (Lipinski definition) is 5. The number of amides is 13. The van der Waals surface area contributed by atoms with Crippen molar-refractivity contribution >= 4 is 71.0 Å². The van der Waals surface area contributed by atoms with E-state index in [-0.39, 0.29) is 109 Å². The first-order valence-corrected chi connectivity index (χ1v) is 35.1. The SMILES string of the molecule is CCCCN1C(=O)[C@H]([C@@H](C)O)NC(=O)CN(CCOCC)C(=O)[C@H](Cc2ccccc2)N(C)C(=O)[C@H](CC)NC(=O)[C@H](Cc2ccccc2)N(C)C(=O)[C@H](CC(C)C)N(C)C(=O)[C@H](CC(C)C)NC(=O)[C@H](CC)N(C)C(=O)[C@@H](C(=O)N2CCCCC2)NC(=O)[C@H](CC(C)C)N(C)C1=O. The van der Waals surface area contributed by atoms with Crippen LogP contribution in [0.1, 0.15) is 151 Å². The fourth-order valence-electron chi connectivity index (χ4n) is 12.4. The molecule has 2 aliphatic heterocycles. The number of carbonyl (C=O) groups is 12. The van der Waals surface area contributed by atoms with E-state index in [0.717, 1.165) is 26.0 Å². The standard InChI is InChI=1S/C72H114N12O14/c1-17-21-37-84-71(96)60(49(11)85)75-59(86)45-83(38-39-98-20-4)68(93)58(44-51-33-27-23-28-34-51)80(15)65(90)52(18-2)73-63(88)56(43-50-31-25-22-26-32-50)78(13)67(92)57(42-48(9)10)79(14)66(91)53(40-46(5)6)74-62(87)54(19-3)77(12)69(94)61(70(95)82-35-29-24-30-36-82)76-64(89)55(41-47(7)8)81(16)72(84)97/h22-23,25-28,31-34,46-49,52-58,60-61,85H,17-21,24,29-30,35-45H2,1-16H3,(H,73,88)(H,74,87)(H,75,86)(H,76,89)/t49-,52+,53+,54+,55+,56+,57+,58+,60+,61+/m1/s1. The maximum Gasteiger partial charge on any atom is 0.327 e. The molecule has 2 aliphatic rings.